The zero-order valence-electron chi connectivity index (χ0n) is 16.2. The van der Waals surface area contributed by atoms with E-state index in [0.717, 1.165) is 5.75 Å². The second-order valence-electron chi connectivity index (χ2n) is 6.80. The lowest BCUT2D eigenvalue weighted by Gasteiger charge is -2.34. The molecule has 0 aliphatic carbocycles. The first-order valence-corrected chi connectivity index (χ1v) is 11.1. The Morgan fingerprint density at radius 3 is 2.17 bits per heavy atom. The Balaban J connectivity index is 1.45. The van der Waals surface area contributed by atoms with E-state index < -0.39 is 16.1 Å². The van der Waals surface area contributed by atoms with Crippen LogP contribution >= 0.6 is 11.6 Å². The molecule has 0 bridgehead atoms. The van der Waals surface area contributed by atoms with E-state index in [0.29, 0.717) is 43.5 Å². The van der Waals surface area contributed by atoms with Gasteiger partial charge in [0.25, 0.3) is 0 Å². The maximum atomic E-state index is 12.7. The summed E-state index contributed by atoms with van der Waals surface area (Å²) < 4.78 is 37.6. The number of hydrogen-bond acceptors (Lipinski definition) is 6. The van der Waals surface area contributed by atoms with Gasteiger partial charge in [-0.2, -0.15) is 4.31 Å². The molecule has 29 heavy (non-hydrogen) atoms. The summed E-state index contributed by atoms with van der Waals surface area (Å²) in [7, 11) is -1.93. The number of methoxy groups -OCH3 is 1. The first kappa shape index (κ1) is 21.9. The number of piperazine rings is 1. The van der Waals surface area contributed by atoms with Crippen molar-refractivity contribution in [1.29, 1.82) is 0 Å². The van der Waals surface area contributed by atoms with Crippen LogP contribution in [0.25, 0.3) is 0 Å². The lowest BCUT2D eigenvalue weighted by atomic mass is 10.3. The van der Waals surface area contributed by atoms with Gasteiger partial charge in [-0.3, -0.25) is 4.90 Å². The van der Waals surface area contributed by atoms with E-state index in [1.54, 1.807) is 43.5 Å². The molecule has 9 heteroatoms. The van der Waals surface area contributed by atoms with Crippen LogP contribution in [0.15, 0.2) is 53.4 Å². The summed E-state index contributed by atoms with van der Waals surface area (Å²) in [4.78, 5) is 2.28. The van der Waals surface area contributed by atoms with Crippen molar-refractivity contribution >= 4 is 21.6 Å². The van der Waals surface area contributed by atoms with Crippen LogP contribution in [0.1, 0.15) is 0 Å². The van der Waals surface area contributed by atoms with E-state index in [2.05, 4.69) is 0 Å². The Labute approximate surface area is 176 Å². The predicted molar refractivity (Wildman–Crippen MR) is 111 cm³/mol. The van der Waals surface area contributed by atoms with Crippen molar-refractivity contribution in [3.63, 3.8) is 0 Å². The molecule has 7 nitrogen and oxygen atoms in total. The lowest BCUT2D eigenvalue weighted by Crippen LogP contribution is -2.50. The first-order valence-electron chi connectivity index (χ1n) is 9.31. The molecule has 1 heterocycles. The molecule has 0 amide bonds. The number of nitrogens with zero attached hydrogens (tertiary/aromatic N) is 2. The first-order chi connectivity index (χ1) is 13.9. The fraction of sp³-hybridized carbons (Fsp3) is 0.400. The van der Waals surface area contributed by atoms with Crippen LogP contribution in [0, 0.1) is 0 Å². The van der Waals surface area contributed by atoms with Gasteiger partial charge in [-0.05, 0) is 48.5 Å². The number of sulfonamides is 1. The summed E-state index contributed by atoms with van der Waals surface area (Å²) in [5.74, 6) is 1.40. The van der Waals surface area contributed by atoms with Crippen molar-refractivity contribution in [2.45, 2.75) is 11.0 Å². The molecule has 1 aliphatic heterocycles. The Morgan fingerprint density at radius 2 is 1.59 bits per heavy atom. The monoisotopic (exact) mass is 440 g/mol. The molecule has 2 aromatic rings. The molecule has 1 atom stereocenters. The highest BCUT2D eigenvalue weighted by Crippen LogP contribution is 2.20. The van der Waals surface area contributed by atoms with Gasteiger partial charge in [0.1, 0.15) is 24.2 Å². The molecule has 0 saturated carbocycles. The van der Waals surface area contributed by atoms with E-state index in [1.165, 1.54) is 16.4 Å². The molecule has 1 aliphatic rings. The number of benzene rings is 2. The van der Waals surface area contributed by atoms with Crippen molar-refractivity contribution in [2.24, 2.45) is 0 Å². The maximum absolute atomic E-state index is 12.7. The van der Waals surface area contributed by atoms with Gasteiger partial charge in [-0.15, -0.1) is 0 Å². The number of aliphatic hydroxyl groups excluding tert-OH is 1. The van der Waals surface area contributed by atoms with Gasteiger partial charge in [0.15, 0.2) is 0 Å². The maximum Gasteiger partial charge on any atom is 0.243 e. The SMILES string of the molecule is COc1ccc(OCC(O)CN2CCN(S(=O)(=O)c3ccc(Cl)cc3)CC2)cc1. The lowest BCUT2D eigenvalue weighted by molar-refractivity contribution is 0.0569. The summed E-state index contributed by atoms with van der Waals surface area (Å²) in [6, 6.07) is 13.3. The molecule has 0 spiro atoms. The normalized spacial score (nSPS) is 17.1. The largest absolute Gasteiger partial charge is 0.497 e. The molecule has 0 aromatic heterocycles. The number of halogens is 1. The fourth-order valence-corrected chi connectivity index (χ4v) is 4.67. The molecule has 2 aromatic carbocycles. The van der Waals surface area contributed by atoms with Crippen LogP contribution in [0.3, 0.4) is 0 Å². The zero-order chi connectivity index (χ0) is 20.9. The molecule has 1 saturated heterocycles. The molecular weight excluding hydrogens is 416 g/mol. The minimum absolute atomic E-state index is 0.162. The average Bonchev–Trinajstić information content (AvgIpc) is 2.73. The van der Waals surface area contributed by atoms with Gasteiger partial charge >= 0.3 is 0 Å². The van der Waals surface area contributed by atoms with Gasteiger partial charge in [0.2, 0.25) is 10.0 Å². The van der Waals surface area contributed by atoms with E-state index in [9.17, 15) is 13.5 Å². The highest BCUT2D eigenvalue weighted by atomic mass is 35.5. The second kappa shape index (κ2) is 9.77. The van der Waals surface area contributed by atoms with Gasteiger partial charge in [-0.1, -0.05) is 11.6 Å². The quantitative estimate of drug-likeness (QED) is 0.677. The fourth-order valence-electron chi connectivity index (χ4n) is 3.12. The summed E-state index contributed by atoms with van der Waals surface area (Å²) in [6.45, 7) is 2.42. The predicted octanol–water partition coefficient (Wildman–Crippen LogP) is 2.09. The van der Waals surface area contributed by atoms with Gasteiger partial charge in [0.05, 0.1) is 12.0 Å². The van der Waals surface area contributed by atoms with Crippen LogP contribution in [-0.4, -0.2) is 75.3 Å². The van der Waals surface area contributed by atoms with Crippen LogP contribution in [0.4, 0.5) is 0 Å². The van der Waals surface area contributed by atoms with E-state index in [1.807, 2.05) is 4.90 Å². The van der Waals surface area contributed by atoms with Gasteiger partial charge < -0.3 is 14.6 Å². The zero-order valence-corrected chi connectivity index (χ0v) is 17.8. The molecule has 1 N–H and O–H groups in total. The minimum Gasteiger partial charge on any atom is -0.497 e. The number of aliphatic hydroxyl groups is 1. The number of ether oxygens (including phenoxy) is 2. The standard InChI is InChI=1S/C20H25ClN2O5S/c1-27-18-4-6-19(7-5-18)28-15-17(24)14-22-10-12-23(13-11-22)29(25,26)20-8-2-16(21)3-9-20/h2-9,17,24H,10-15H2,1H3. The third-order valence-electron chi connectivity index (χ3n) is 4.75. The minimum atomic E-state index is -3.53. The van der Waals surface area contributed by atoms with Crippen molar-refractivity contribution < 1.29 is 23.0 Å². The molecular formula is C20H25ClN2O5S. The average molecular weight is 441 g/mol. The smallest absolute Gasteiger partial charge is 0.243 e. The molecule has 3 rings (SSSR count). The highest BCUT2D eigenvalue weighted by molar-refractivity contribution is 7.89. The van der Waals surface area contributed by atoms with Crippen molar-refractivity contribution in [1.82, 2.24) is 9.21 Å². The van der Waals surface area contributed by atoms with Gasteiger partial charge in [-0.25, -0.2) is 8.42 Å². The summed E-state index contributed by atoms with van der Waals surface area (Å²) in [5.41, 5.74) is 0. The molecule has 1 fully saturated rings. The number of β-amino-alcohol motifs (C(OH)–C–C–N with tert-alkyl or cyclic N) is 1. The van der Waals surface area contributed by atoms with E-state index in [4.69, 9.17) is 21.1 Å². The van der Waals surface area contributed by atoms with Crippen LogP contribution in [0.2, 0.25) is 5.02 Å². The third-order valence-corrected chi connectivity index (χ3v) is 6.92. The van der Waals surface area contributed by atoms with E-state index >= 15 is 0 Å². The van der Waals surface area contributed by atoms with Crippen molar-refractivity contribution in [2.75, 3.05) is 46.4 Å². The van der Waals surface area contributed by atoms with Crippen molar-refractivity contribution in [3.8, 4) is 11.5 Å². The third kappa shape index (κ3) is 5.83. The number of rotatable bonds is 8. The topological polar surface area (TPSA) is 79.3 Å². The Morgan fingerprint density at radius 1 is 1.00 bits per heavy atom. The van der Waals surface area contributed by atoms with Crippen LogP contribution < -0.4 is 9.47 Å². The summed E-state index contributed by atoms with van der Waals surface area (Å²) in [6.07, 6.45) is -0.670. The highest BCUT2D eigenvalue weighted by Gasteiger charge is 2.29. The van der Waals surface area contributed by atoms with Crippen LogP contribution in [-0.2, 0) is 10.0 Å². The Bertz CT molecular complexity index is 882. The van der Waals surface area contributed by atoms with E-state index in [-0.39, 0.29) is 11.5 Å². The van der Waals surface area contributed by atoms with Crippen LogP contribution in [0.5, 0.6) is 11.5 Å². The Kier molecular flexibility index (Phi) is 7.37. The second-order valence-corrected chi connectivity index (χ2v) is 9.17. The molecule has 158 valence electrons. The summed E-state index contributed by atoms with van der Waals surface area (Å²) >= 11 is 5.84. The summed E-state index contributed by atoms with van der Waals surface area (Å²) in [5, 5.41) is 10.8. The molecule has 0 radical (unpaired) electrons. The number of hydrogen-bond donors (Lipinski definition) is 1. The molecule has 1 unspecified atom stereocenters. The van der Waals surface area contributed by atoms with Crippen molar-refractivity contribution in [3.05, 3.63) is 53.6 Å². The van der Waals surface area contributed by atoms with Gasteiger partial charge in [0, 0.05) is 37.7 Å². The Hall–Kier alpha value is -1.84.